The summed E-state index contributed by atoms with van der Waals surface area (Å²) in [5, 5.41) is 3.73. The van der Waals surface area contributed by atoms with E-state index in [0.29, 0.717) is 11.5 Å². The first-order chi connectivity index (χ1) is 7.99. The second kappa shape index (κ2) is 7.01. The van der Waals surface area contributed by atoms with Gasteiger partial charge in [-0.1, -0.05) is 27.7 Å². The van der Waals surface area contributed by atoms with Gasteiger partial charge in [0.05, 0.1) is 0 Å². The fourth-order valence-corrected chi connectivity index (χ4v) is 2.94. The summed E-state index contributed by atoms with van der Waals surface area (Å²) in [6.45, 7) is 13.0. The minimum Gasteiger partial charge on any atom is -0.311 e. The summed E-state index contributed by atoms with van der Waals surface area (Å²) < 4.78 is 0. The Morgan fingerprint density at radius 1 is 1.35 bits per heavy atom. The van der Waals surface area contributed by atoms with Gasteiger partial charge in [-0.2, -0.15) is 11.8 Å². The standard InChI is InChI=1S/C14H30N2S/c1-6-12-10-15-13(14(2,3)4)11-16(12)8-7-9-17-5/h12-13,15H,6-11H2,1-5H3. The van der Waals surface area contributed by atoms with Gasteiger partial charge in [-0.3, -0.25) is 4.90 Å². The highest BCUT2D eigenvalue weighted by atomic mass is 32.2. The van der Waals surface area contributed by atoms with Gasteiger partial charge in [0.15, 0.2) is 0 Å². The van der Waals surface area contributed by atoms with E-state index >= 15 is 0 Å². The Kier molecular flexibility index (Phi) is 6.32. The monoisotopic (exact) mass is 258 g/mol. The van der Waals surface area contributed by atoms with E-state index in [9.17, 15) is 0 Å². The topological polar surface area (TPSA) is 15.3 Å². The van der Waals surface area contributed by atoms with Gasteiger partial charge in [-0.05, 0) is 36.8 Å². The summed E-state index contributed by atoms with van der Waals surface area (Å²) >= 11 is 1.96. The van der Waals surface area contributed by atoms with Crippen LogP contribution >= 0.6 is 11.8 Å². The Morgan fingerprint density at radius 3 is 2.59 bits per heavy atom. The summed E-state index contributed by atoms with van der Waals surface area (Å²) in [4.78, 5) is 2.71. The van der Waals surface area contributed by atoms with Gasteiger partial charge in [-0.15, -0.1) is 0 Å². The molecule has 0 aliphatic carbocycles. The van der Waals surface area contributed by atoms with E-state index in [2.05, 4.69) is 44.2 Å². The Morgan fingerprint density at radius 2 is 2.06 bits per heavy atom. The molecule has 0 amide bonds. The van der Waals surface area contributed by atoms with Crippen molar-refractivity contribution in [2.24, 2.45) is 5.41 Å². The molecule has 0 bridgehead atoms. The van der Waals surface area contributed by atoms with Crippen LogP contribution in [0.1, 0.15) is 40.5 Å². The largest absolute Gasteiger partial charge is 0.311 e. The van der Waals surface area contributed by atoms with Crippen LogP contribution < -0.4 is 5.32 Å². The number of nitrogens with one attached hydrogen (secondary N) is 1. The predicted molar refractivity (Wildman–Crippen MR) is 79.9 cm³/mol. The van der Waals surface area contributed by atoms with Crippen molar-refractivity contribution in [1.82, 2.24) is 10.2 Å². The average Bonchev–Trinajstić information content (AvgIpc) is 2.28. The van der Waals surface area contributed by atoms with E-state index in [0.717, 1.165) is 12.6 Å². The van der Waals surface area contributed by atoms with E-state index in [1.807, 2.05) is 11.8 Å². The van der Waals surface area contributed by atoms with Gasteiger partial charge in [0.1, 0.15) is 0 Å². The first-order valence-corrected chi connectivity index (χ1v) is 8.34. The SMILES string of the molecule is CCC1CNC(C(C)(C)C)CN1CCCSC. The van der Waals surface area contributed by atoms with Gasteiger partial charge in [-0.25, -0.2) is 0 Å². The normalized spacial score (nSPS) is 27.4. The van der Waals surface area contributed by atoms with Gasteiger partial charge in [0.25, 0.3) is 0 Å². The Labute approximate surface area is 112 Å². The first kappa shape index (κ1) is 15.3. The Hall–Kier alpha value is 0.270. The molecule has 1 saturated heterocycles. The van der Waals surface area contributed by atoms with Gasteiger partial charge >= 0.3 is 0 Å². The third kappa shape index (κ3) is 4.80. The van der Waals surface area contributed by atoms with Crippen molar-refractivity contribution in [1.29, 1.82) is 0 Å². The van der Waals surface area contributed by atoms with E-state index in [-0.39, 0.29) is 0 Å². The Balaban J connectivity index is 2.49. The third-order valence-corrected chi connectivity index (χ3v) is 4.54. The molecule has 1 N–H and O–H groups in total. The lowest BCUT2D eigenvalue weighted by Crippen LogP contribution is -2.60. The van der Waals surface area contributed by atoms with Crippen LogP contribution in [0.2, 0.25) is 0 Å². The van der Waals surface area contributed by atoms with Crippen LogP contribution in [0, 0.1) is 5.41 Å². The highest BCUT2D eigenvalue weighted by Gasteiger charge is 2.32. The fourth-order valence-electron chi connectivity index (χ4n) is 2.52. The smallest absolute Gasteiger partial charge is 0.0244 e. The van der Waals surface area contributed by atoms with E-state index < -0.39 is 0 Å². The molecule has 2 nitrogen and oxygen atoms in total. The van der Waals surface area contributed by atoms with Crippen LogP contribution in [0.4, 0.5) is 0 Å². The molecule has 1 aliphatic rings. The molecule has 2 atom stereocenters. The van der Waals surface area contributed by atoms with Crippen molar-refractivity contribution in [3.63, 3.8) is 0 Å². The lowest BCUT2D eigenvalue weighted by molar-refractivity contribution is 0.0840. The first-order valence-electron chi connectivity index (χ1n) is 6.95. The maximum absolute atomic E-state index is 3.73. The lowest BCUT2D eigenvalue weighted by atomic mass is 9.84. The van der Waals surface area contributed by atoms with Crippen molar-refractivity contribution in [2.45, 2.75) is 52.6 Å². The molecule has 2 unspecified atom stereocenters. The van der Waals surface area contributed by atoms with Crippen molar-refractivity contribution in [2.75, 3.05) is 31.6 Å². The quantitative estimate of drug-likeness (QED) is 0.764. The number of piperazine rings is 1. The molecule has 102 valence electrons. The second-order valence-electron chi connectivity index (χ2n) is 6.23. The minimum absolute atomic E-state index is 0.371. The number of thioether (sulfide) groups is 1. The highest BCUT2D eigenvalue weighted by Crippen LogP contribution is 2.24. The number of hydrogen-bond donors (Lipinski definition) is 1. The molecule has 0 saturated carbocycles. The van der Waals surface area contributed by atoms with Crippen LogP contribution in [0.5, 0.6) is 0 Å². The molecular weight excluding hydrogens is 228 g/mol. The van der Waals surface area contributed by atoms with Crippen molar-refractivity contribution >= 4 is 11.8 Å². The highest BCUT2D eigenvalue weighted by molar-refractivity contribution is 7.98. The summed E-state index contributed by atoms with van der Waals surface area (Å²) in [5.74, 6) is 1.29. The number of rotatable bonds is 5. The molecule has 1 heterocycles. The van der Waals surface area contributed by atoms with Crippen LogP contribution in [0.3, 0.4) is 0 Å². The summed E-state index contributed by atoms with van der Waals surface area (Å²) in [5.41, 5.74) is 0.371. The van der Waals surface area contributed by atoms with Crippen molar-refractivity contribution in [3.05, 3.63) is 0 Å². The zero-order valence-corrected chi connectivity index (χ0v) is 13.1. The maximum Gasteiger partial charge on any atom is 0.0244 e. The van der Waals surface area contributed by atoms with Crippen molar-refractivity contribution < 1.29 is 0 Å². The molecule has 3 heteroatoms. The zero-order valence-electron chi connectivity index (χ0n) is 12.3. The van der Waals surface area contributed by atoms with Crippen molar-refractivity contribution in [3.8, 4) is 0 Å². The van der Waals surface area contributed by atoms with Crippen LogP contribution in [-0.2, 0) is 0 Å². The molecule has 0 spiro atoms. The second-order valence-corrected chi connectivity index (χ2v) is 7.22. The minimum atomic E-state index is 0.371. The molecule has 1 aliphatic heterocycles. The van der Waals surface area contributed by atoms with Crippen LogP contribution in [-0.4, -0.2) is 48.6 Å². The van der Waals surface area contributed by atoms with Gasteiger partial charge in [0.2, 0.25) is 0 Å². The molecule has 0 aromatic carbocycles. The van der Waals surface area contributed by atoms with Gasteiger partial charge < -0.3 is 5.32 Å². The molecule has 0 aromatic heterocycles. The third-order valence-electron chi connectivity index (χ3n) is 3.84. The zero-order chi connectivity index (χ0) is 12.9. The maximum atomic E-state index is 3.73. The average molecular weight is 258 g/mol. The van der Waals surface area contributed by atoms with E-state index in [1.165, 1.54) is 31.7 Å². The van der Waals surface area contributed by atoms with Gasteiger partial charge in [0, 0.05) is 25.2 Å². The molecular formula is C14H30N2S. The predicted octanol–water partition coefficient (Wildman–Crippen LogP) is 2.84. The molecule has 17 heavy (non-hydrogen) atoms. The summed E-state index contributed by atoms with van der Waals surface area (Å²) in [7, 11) is 0. The van der Waals surface area contributed by atoms with Crippen LogP contribution in [0.25, 0.3) is 0 Å². The lowest BCUT2D eigenvalue weighted by Gasteiger charge is -2.45. The molecule has 0 aromatic rings. The summed E-state index contributed by atoms with van der Waals surface area (Å²) in [6, 6.07) is 1.38. The van der Waals surface area contributed by atoms with Crippen LogP contribution in [0.15, 0.2) is 0 Å². The summed E-state index contributed by atoms with van der Waals surface area (Å²) in [6.07, 6.45) is 4.80. The fraction of sp³-hybridized carbons (Fsp3) is 1.00. The molecule has 1 fully saturated rings. The molecule has 0 radical (unpaired) electrons. The van der Waals surface area contributed by atoms with E-state index in [4.69, 9.17) is 0 Å². The van der Waals surface area contributed by atoms with E-state index in [1.54, 1.807) is 0 Å². The number of hydrogen-bond acceptors (Lipinski definition) is 3. The number of nitrogens with zero attached hydrogens (tertiary/aromatic N) is 1. The Bertz CT molecular complexity index is 213. The molecule has 1 rings (SSSR count).